The lowest BCUT2D eigenvalue weighted by molar-refractivity contribution is -0.135. The van der Waals surface area contributed by atoms with E-state index in [9.17, 15) is 13.2 Å². The third-order valence-electron chi connectivity index (χ3n) is 7.20. The van der Waals surface area contributed by atoms with Gasteiger partial charge in [-0.2, -0.15) is 4.72 Å². The Kier molecular flexibility index (Phi) is 9.07. The number of piperidine rings is 1. The Morgan fingerprint density at radius 1 is 1.11 bits per heavy atom. The minimum absolute atomic E-state index is 0.0276. The quantitative estimate of drug-likeness (QED) is 0.259. The number of rotatable bonds is 9. The smallest absolute Gasteiger partial charge is 0.241 e. The summed E-state index contributed by atoms with van der Waals surface area (Å²) in [5.41, 5.74) is 12.0. The van der Waals surface area contributed by atoms with Crippen molar-refractivity contribution in [1.29, 1.82) is 0 Å². The van der Waals surface area contributed by atoms with Crippen LogP contribution in [-0.2, 0) is 14.8 Å². The second kappa shape index (κ2) is 11.7. The number of fused-ring (bicyclic) bond motifs is 1. The van der Waals surface area contributed by atoms with E-state index in [1.165, 1.54) is 0 Å². The van der Waals surface area contributed by atoms with Crippen LogP contribution in [0, 0.1) is 11.3 Å². The van der Waals surface area contributed by atoms with Gasteiger partial charge in [-0.25, -0.2) is 8.42 Å². The van der Waals surface area contributed by atoms with Crippen LogP contribution in [0.2, 0.25) is 0 Å². The van der Waals surface area contributed by atoms with Crippen LogP contribution in [0.5, 0.6) is 0 Å². The first-order valence-electron chi connectivity index (χ1n) is 12.9. The summed E-state index contributed by atoms with van der Waals surface area (Å²) in [6.07, 6.45) is 2.57. The number of amides is 1. The number of nitrogens with two attached hydrogens (primary N) is 2. The number of carbonyl (C=O) groups excluding carboxylic acids is 1. The molecule has 9 nitrogen and oxygen atoms in total. The average Bonchev–Trinajstić information content (AvgIpc) is 2.83. The normalized spacial score (nSPS) is 16.0. The van der Waals surface area contributed by atoms with Crippen molar-refractivity contribution in [2.75, 3.05) is 38.6 Å². The molecule has 3 rings (SSSR count). The largest absolute Gasteiger partial charge is 0.377 e. The molecule has 1 saturated heterocycles. The summed E-state index contributed by atoms with van der Waals surface area (Å²) in [4.78, 5) is 21.5. The highest BCUT2D eigenvalue weighted by atomic mass is 32.2. The number of hydrogen-bond donors (Lipinski definition) is 3. The SMILES string of the molecule is CN(C)c1cccc2c(S(=O)(=O)NC(CCCN=C(N)N)C(=O)N3CCC(C(C)(C)C)CC3)cccc12. The van der Waals surface area contributed by atoms with E-state index in [0.717, 1.165) is 23.9 Å². The third-order valence-corrected chi connectivity index (χ3v) is 8.73. The van der Waals surface area contributed by atoms with Crippen molar-refractivity contribution >= 4 is 38.3 Å². The molecule has 1 amide bonds. The van der Waals surface area contributed by atoms with Crippen molar-refractivity contribution in [2.45, 2.75) is 57.4 Å². The van der Waals surface area contributed by atoms with Gasteiger partial charge in [0.1, 0.15) is 6.04 Å². The molecule has 0 bridgehead atoms. The first-order valence-corrected chi connectivity index (χ1v) is 14.3. The van der Waals surface area contributed by atoms with Crippen LogP contribution in [0.1, 0.15) is 46.5 Å². The van der Waals surface area contributed by atoms with E-state index >= 15 is 0 Å². The van der Waals surface area contributed by atoms with Crippen molar-refractivity contribution in [3.05, 3.63) is 36.4 Å². The highest BCUT2D eigenvalue weighted by Gasteiger charge is 2.34. The van der Waals surface area contributed by atoms with E-state index in [-0.39, 0.29) is 22.2 Å². The zero-order chi connectivity index (χ0) is 27.4. The molecule has 1 aliphatic heterocycles. The second-order valence-corrected chi connectivity index (χ2v) is 12.8. The van der Waals surface area contributed by atoms with Crippen molar-refractivity contribution in [1.82, 2.24) is 9.62 Å². The standard InChI is InChI=1S/C27H42N6O3S/c1-27(2,3)19-14-17-33(18-15-19)25(34)22(11-8-16-30-26(28)29)31-37(35,36)24-13-7-9-20-21(24)10-6-12-23(20)32(4)5/h6-7,9-10,12-13,19,22,31H,8,11,14-18H2,1-5H3,(H4,28,29,30). The molecule has 0 aliphatic carbocycles. The molecule has 2 aromatic rings. The molecule has 10 heteroatoms. The monoisotopic (exact) mass is 530 g/mol. The van der Waals surface area contributed by atoms with Gasteiger partial charge in [-0.15, -0.1) is 0 Å². The topological polar surface area (TPSA) is 134 Å². The van der Waals surface area contributed by atoms with Crippen LogP contribution in [0.15, 0.2) is 46.3 Å². The minimum atomic E-state index is -4.00. The van der Waals surface area contributed by atoms with Gasteiger partial charge in [0.25, 0.3) is 0 Å². The molecule has 2 aromatic carbocycles. The molecule has 0 aromatic heterocycles. The van der Waals surface area contributed by atoms with Crippen LogP contribution in [-0.4, -0.2) is 65.0 Å². The lowest BCUT2D eigenvalue weighted by Crippen LogP contribution is -2.51. The molecule has 5 N–H and O–H groups in total. The van der Waals surface area contributed by atoms with Gasteiger partial charge in [-0.1, -0.05) is 45.0 Å². The fourth-order valence-corrected chi connectivity index (χ4v) is 6.51. The summed E-state index contributed by atoms with van der Waals surface area (Å²) in [6, 6.07) is 9.90. The van der Waals surface area contributed by atoms with Gasteiger partial charge in [0, 0.05) is 50.2 Å². The number of likely N-dealkylation sites (tertiary alicyclic amines) is 1. The lowest BCUT2D eigenvalue weighted by Gasteiger charge is -2.39. The van der Waals surface area contributed by atoms with E-state index in [2.05, 4.69) is 30.5 Å². The number of guanidine groups is 1. The average molecular weight is 531 g/mol. The molecular formula is C27H42N6O3S. The molecule has 1 aliphatic rings. The van der Waals surface area contributed by atoms with Gasteiger partial charge in [-0.05, 0) is 49.1 Å². The maximum atomic E-state index is 13.7. The fraction of sp³-hybridized carbons (Fsp3) is 0.556. The van der Waals surface area contributed by atoms with Gasteiger partial charge < -0.3 is 21.3 Å². The van der Waals surface area contributed by atoms with Crippen LogP contribution in [0.3, 0.4) is 0 Å². The maximum Gasteiger partial charge on any atom is 0.241 e. The van der Waals surface area contributed by atoms with Crippen molar-refractivity contribution in [2.24, 2.45) is 27.8 Å². The third kappa shape index (κ3) is 7.13. The minimum Gasteiger partial charge on any atom is -0.377 e. The predicted molar refractivity (Wildman–Crippen MR) is 151 cm³/mol. The molecule has 0 saturated carbocycles. The Morgan fingerprint density at radius 3 is 2.32 bits per heavy atom. The van der Waals surface area contributed by atoms with Gasteiger partial charge in [-0.3, -0.25) is 9.79 Å². The van der Waals surface area contributed by atoms with Gasteiger partial charge >= 0.3 is 0 Å². The summed E-state index contributed by atoms with van der Waals surface area (Å²) < 4.78 is 30.1. The van der Waals surface area contributed by atoms with E-state index < -0.39 is 16.1 Å². The van der Waals surface area contributed by atoms with E-state index in [4.69, 9.17) is 11.5 Å². The van der Waals surface area contributed by atoms with Crippen molar-refractivity contribution < 1.29 is 13.2 Å². The molecule has 1 fully saturated rings. The summed E-state index contributed by atoms with van der Waals surface area (Å²) in [7, 11) is -0.163. The summed E-state index contributed by atoms with van der Waals surface area (Å²) in [6.45, 7) is 8.23. The predicted octanol–water partition coefficient (Wildman–Crippen LogP) is 2.89. The number of benzene rings is 2. The van der Waals surface area contributed by atoms with E-state index in [1.54, 1.807) is 23.1 Å². The Balaban J connectivity index is 1.87. The molecule has 0 radical (unpaired) electrons. The van der Waals surface area contributed by atoms with Crippen LogP contribution < -0.4 is 21.1 Å². The molecule has 1 unspecified atom stereocenters. The number of sulfonamides is 1. The Hall–Kier alpha value is -2.85. The number of aliphatic imine (C=N–C) groups is 1. The lowest BCUT2D eigenvalue weighted by atomic mass is 9.75. The Labute approximate surface area is 221 Å². The fourth-order valence-electron chi connectivity index (χ4n) is 5.06. The second-order valence-electron chi connectivity index (χ2n) is 11.1. The highest BCUT2D eigenvalue weighted by molar-refractivity contribution is 7.89. The number of nitrogens with one attached hydrogen (secondary N) is 1. The zero-order valence-electron chi connectivity index (χ0n) is 22.7. The molecule has 204 valence electrons. The van der Waals surface area contributed by atoms with Crippen molar-refractivity contribution in [3.63, 3.8) is 0 Å². The number of nitrogens with zero attached hydrogens (tertiary/aromatic N) is 3. The zero-order valence-corrected chi connectivity index (χ0v) is 23.5. The molecule has 0 spiro atoms. The molecule has 37 heavy (non-hydrogen) atoms. The maximum absolute atomic E-state index is 13.7. The number of hydrogen-bond acceptors (Lipinski definition) is 5. The first kappa shape index (κ1) is 28.7. The Morgan fingerprint density at radius 2 is 1.73 bits per heavy atom. The molecular weight excluding hydrogens is 488 g/mol. The van der Waals surface area contributed by atoms with Gasteiger partial charge in [0.05, 0.1) is 4.90 Å². The van der Waals surface area contributed by atoms with Crippen LogP contribution in [0.4, 0.5) is 5.69 Å². The van der Waals surface area contributed by atoms with Gasteiger partial charge in [0.15, 0.2) is 5.96 Å². The van der Waals surface area contributed by atoms with Gasteiger partial charge in [0.2, 0.25) is 15.9 Å². The summed E-state index contributed by atoms with van der Waals surface area (Å²) >= 11 is 0. The van der Waals surface area contributed by atoms with E-state index in [0.29, 0.717) is 43.8 Å². The number of carbonyl (C=O) groups is 1. The molecule has 1 heterocycles. The van der Waals surface area contributed by atoms with Crippen LogP contribution >= 0.6 is 0 Å². The number of anilines is 1. The summed E-state index contributed by atoms with van der Waals surface area (Å²) in [5.74, 6) is 0.296. The highest BCUT2D eigenvalue weighted by Crippen LogP contribution is 2.35. The van der Waals surface area contributed by atoms with E-state index in [1.807, 2.05) is 37.2 Å². The summed E-state index contributed by atoms with van der Waals surface area (Å²) in [5, 5.41) is 1.44. The Bertz CT molecular complexity index is 1220. The van der Waals surface area contributed by atoms with Crippen molar-refractivity contribution in [3.8, 4) is 0 Å². The van der Waals surface area contributed by atoms with Crippen LogP contribution in [0.25, 0.3) is 10.8 Å². The molecule has 1 atom stereocenters. The first-order chi connectivity index (χ1) is 17.3.